The molecule has 2 nitrogen and oxygen atoms in total. The number of benzene rings is 2. The van der Waals surface area contributed by atoms with E-state index in [1.54, 1.807) is 3.93 Å². The Hall–Kier alpha value is -1.61. The number of carbonyl (C=O) groups excluding carboxylic acids is 1. The molecule has 0 saturated heterocycles. The number of rotatable bonds is 4. The highest BCUT2D eigenvalue weighted by Gasteiger charge is 2.55. The molecule has 1 saturated carbocycles. The van der Waals surface area contributed by atoms with Crippen LogP contribution in [0.25, 0.3) is 0 Å². The number of nitrogens with zero attached hydrogens (tertiary/aromatic N) is 1. The zero-order chi connectivity index (χ0) is 14.8. The van der Waals surface area contributed by atoms with Gasteiger partial charge in [0.1, 0.15) is 0 Å². The van der Waals surface area contributed by atoms with Crippen LogP contribution in [0.15, 0.2) is 60.7 Å². The van der Waals surface area contributed by atoms with E-state index >= 15 is 0 Å². The van der Waals surface area contributed by atoms with Gasteiger partial charge in [0.05, 0.1) is 22.2 Å². The molecule has 21 heavy (non-hydrogen) atoms. The first-order valence-electron chi connectivity index (χ1n) is 7.31. The van der Waals surface area contributed by atoms with Gasteiger partial charge in [-0.1, -0.05) is 67.6 Å². The van der Waals surface area contributed by atoms with Gasteiger partial charge in [0.2, 0.25) is 5.91 Å². The molecule has 0 aromatic heterocycles. The number of hydrogen-bond donors (Lipinski definition) is 0. The maximum absolute atomic E-state index is 12.0. The molecule has 3 heteroatoms. The highest BCUT2D eigenvalue weighted by molar-refractivity contribution is 9.07. The van der Waals surface area contributed by atoms with Crippen LogP contribution in [0.5, 0.6) is 0 Å². The largest absolute Gasteiger partial charge is 0.275 e. The summed E-state index contributed by atoms with van der Waals surface area (Å²) in [6.07, 6.45) is 0.519. The lowest BCUT2D eigenvalue weighted by molar-refractivity contribution is -0.125. The van der Waals surface area contributed by atoms with Gasteiger partial charge in [0.15, 0.2) is 0 Å². The number of amides is 1. The van der Waals surface area contributed by atoms with Crippen molar-refractivity contribution in [3.05, 3.63) is 71.8 Å². The average molecular weight is 344 g/mol. The van der Waals surface area contributed by atoms with Gasteiger partial charge in [-0.05, 0) is 11.1 Å². The van der Waals surface area contributed by atoms with Gasteiger partial charge in [-0.15, -0.1) is 0 Å². The first kappa shape index (κ1) is 14.3. The molecule has 3 atom stereocenters. The summed E-state index contributed by atoms with van der Waals surface area (Å²) in [4.78, 5) is 12.0. The van der Waals surface area contributed by atoms with Crippen molar-refractivity contribution in [2.45, 2.75) is 31.2 Å². The van der Waals surface area contributed by atoms with Crippen molar-refractivity contribution in [1.29, 1.82) is 0 Å². The molecular formula is C18H18BrNO. The van der Waals surface area contributed by atoms with Crippen LogP contribution >= 0.6 is 16.1 Å². The van der Waals surface area contributed by atoms with Crippen molar-refractivity contribution >= 4 is 22.1 Å². The molecule has 3 rings (SSSR count). The first-order valence-corrected chi connectivity index (χ1v) is 8.02. The molecule has 0 heterocycles. The predicted octanol–water partition coefficient (Wildman–Crippen LogP) is 4.48. The minimum Gasteiger partial charge on any atom is -0.275 e. The summed E-state index contributed by atoms with van der Waals surface area (Å²) in [5.74, 6) is 0.867. The molecular weight excluding hydrogens is 326 g/mol. The predicted molar refractivity (Wildman–Crippen MR) is 88.2 cm³/mol. The molecule has 0 unspecified atom stereocenters. The second kappa shape index (κ2) is 6.02. The zero-order valence-corrected chi connectivity index (χ0v) is 13.5. The van der Waals surface area contributed by atoms with Gasteiger partial charge in [-0.3, -0.25) is 8.72 Å². The number of halogens is 1. The molecule has 2 aromatic rings. The van der Waals surface area contributed by atoms with Crippen LogP contribution in [0.1, 0.15) is 36.3 Å². The Balaban J connectivity index is 1.91. The minimum absolute atomic E-state index is 0.138. The Morgan fingerprint density at radius 1 is 0.952 bits per heavy atom. The van der Waals surface area contributed by atoms with Gasteiger partial charge in [0, 0.05) is 18.3 Å². The fourth-order valence-electron chi connectivity index (χ4n) is 3.05. The van der Waals surface area contributed by atoms with Crippen LogP contribution in [0.4, 0.5) is 0 Å². The first-order chi connectivity index (χ1) is 10.2. The van der Waals surface area contributed by atoms with E-state index in [-0.39, 0.29) is 11.9 Å². The Morgan fingerprint density at radius 2 is 1.38 bits per heavy atom. The van der Waals surface area contributed by atoms with Crippen LogP contribution in [0.3, 0.4) is 0 Å². The normalized spacial score (nSPS) is 23.6. The second-order valence-electron chi connectivity index (χ2n) is 5.42. The van der Waals surface area contributed by atoms with E-state index in [1.165, 1.54) is 11.1 Å². The van der Waals surface area contributed by atoms with Gasteiger partial charge < -0.3 is 0 Å². The Labute approximate surface area is 134 Å². The van der Waals surface area contributed by atoms with Crippen LogP contribution in [-0.4, -0.2) is 15.9 Å². The lowest BCUT2D eigenvalue weighted by atomic mass is 10.0. The zero-order valence-electron chi connectivity index (χ0n) is 11.9. The monoisotopic (exact) mass is 343 g/mol. The minimum atomic E-state index is 0.138. The van der Waals surface area contributed by atoms with E-state index in [4.69, 9.17) is 0 Å². The van der Waals surface area contributed by atoms with Crippen molar-refractivity contribution in [1.82, 2.24) is 3.93 Å². The molecule has 0 radical (unpaired) electrons. The Bertz CT molecular complexity index is 568. The van der Waals surface area contributed by atoms with E-state index in [9.17, 15) is 4.79 Å². The highest BCUT2D eigenvalue weighted by atomic mass is 79.9. The summed E-state index contributed by atoms with van der Waals surface area (Å²) in [6.45, 7) is 1.90. The van der Waals surface area contributed by atoms with E-state index < -0.39 is 0 Å². The topological polar surface area (TPSA) is 20.3 Å². The van der Waals surface area contributed by atoms with Crippen molar-refractivity contribution in [3.63, 3.8) is 0 Å². The molecule has 1 fully saturated rings. The maximum Gasteiger partial charge on any atom is 0.232 e. The van der Waals surface area contributed by atoms with E-state index in [0.29, 0.717) is 18.3 Å². The van der Waals surface area contributed by atoms with Crippen molar-refractivity contribution in [2.24, 2.45) is 0 Å². The highest BCUT2D eigenvalue weighted by Crippen LogP contribution is 2.58. The van der Waals surface area contributed by atoms with E-state index in [2.05, 4.69) is 64.7 Å². The molecule has 0 aliphatic heterocycles. The van der Waals surface area contributed by atoms with E-state index in [1.807, 2.05) is 19.1 Å². The Morgan fingerprint density at radius 3 is 1.76 bits per heavy atom. The average Bonchev–Trinajstić information content (AvgIpc) is 3.30. The molecule has 1 aliphatic carbocycles. The van der Waals surface area contributed by atoms with Crippen LogP contribution in [-0.2, 0) is 4.79 Å². The van der Waals surface area contributed by atoms with Gasteiger partial charge in [-0.25, -0.2) is 0 Å². The lowest BCUT2D eigenvalue weighted by Crippen LogP contribution is -2.23. The summed E-state index contributed by atoms with van der Waals surface area (Å²) in [6, 6.07) is 21.1. The molecule has 0 bridgehead atoms. The summed E-state index contributed by atoms with van der Waals surface area (Å²) in [7, 11) is 0. The quantitative estimate of drug-likeness (QED) is 0.749. The molecule has 2 aromatic carbocycles. The maximum atomic E-state index is 12.0. The fraction of sp³-hybridized carbons (Fsp3) is 0.278. The summed E-state index contributed by atoms with van der Waals surface area (Å²) < 4.78 is 1.75. The van der Waals surface area contributed by atoms with Crippen LogP contribution in [0, 0.1) is 0 Å². The van der Waals surface area contributed by atoms with Crippen molar-refractivity contribution < 1.29 is 4.79 Å². The van der Waals surface area contributed by atoms with Gasteiger partial charge >= 0.3 is 0 Å². The van der Waals surface area contributed by atoms with Crippen LogP contribution < -0.4 is 0 Å². The lowest BCUT2D eigenvalue weighted by Gasteiger charge is -2.14. The van der Waals surface area contributed by atoms with Crippen molar-refractivity contribution in [2.75, 3.05) is 0 Å². The van der Waals surface area contributed by atoms with Crippen LogP contribution in [0.2, 0.25) is 0 Å². The third-order valence-electron chi connectivity index (χ3n) is 4.15. The van der Waals surface area contributed by atoms with E-state index in [0.717, 1.165) is 0 Å². The molecule has 108 valence electrons. The molecule has 1 aliphatic rings. The fourth-order valence-corrected chi connectivity index (χ4v) is 3.81. The standard InChI is InChI=1S/C18H18BrNO/c1-2-15(21)20(19)18-16(13-9-5-3-6-10-13)17(18)14-11-7-4-8-12-14/h3-12,16-18H,2H2,1H3/t16-,17+,18+. The second-order valence-corrected chi connectivity index (χ2v) is 6.19. The molecule has 0 spiro atoms. The third-order valence-corrected chi connectivity index (χ3v) is 5.02. The Kier molecular flexibility index (Phi) is 4.11. The van der Waals surface area contributed by atoms with Gasteiger partial charge in [0.25, 0.3) is 0 Å². The third kappa shape index (κ3) is 2.75. The number of hydrogen-bond acceptors (Lipinski definition) is 1. The van der Waals surface area contributed by atoms with Gasteiger partial charge in [-0.2, -0.15) is 0 Å². The van der Waals surface area contributed by atoms with Crippen molar-refractivity contribution in [3.8, 4) is 0 Å². The molecule has 0 N–H and O–H groups in total. The SMILES string of the molecule is CCC(=O)N(Br)[C@H]1[C@H](c2ccccc2)[C@@H]1c1ccccc1. The summed E-state index contributed by atoms with van der Waals surface area (Å²) in [5.41, 5.74) is 2.59. The smallest absolute Gasteiger partial charge is 0.232 e. The number of carbonyl (C=O) groups is 1. The summed E-state index contributed by atoms with van der Waals surface area (Å²) in [5, 5.41) is 0. The summed E-state index contributed by atoms with van der Waals surface area (Å²) >= 11 is 3.49. The molecule has 1 amide bonds.